The zero-order valence-electron chi connectivity index (χ0n) is 10.4. The van der Waals surface area contributed by atoms with Gasteiger partial charge in [0.25, 0.3) is 5.97 Å². The van der Waals surface area contributed by atoms with E-state index < -0.39 is 5.97 Å². The molecule has 0 spiro atoms. The van der Waals surface area contributed by atoms with Crippen LogP contribution >= 0.6 is 15.9 Å². The second-order valence-corrected chi connectivity index (χ2v) is 5.25. The van der Waals surface area contributed by atoms with Gasteiger partial charge in [-0.25, -0.2) is 0 Å². The predicted molar refractivity (Wildman–Crippen MR) is 77.4 cm³/mol. The number of hydrogen-bond acceptors (Lipinski definition) is 2. The number of rotatable bonds is 0. The molecular formula is C15H13BrO3. The Labute approximate surface area is 119 Å². The van der Waals surface area contributed by atoms with Crippen molar-refractivity contribution < 1.29 is 15.0 Å². The Morgan fingerprint density at radius 1 is 1.11 bits per heavy atom. The van der Waals surface area contributed by atoms with Gasteiger partial charge in [0, 0.05) is 11.4 Å². The molecule has 0 amide bonds. The van der Waals surface area contributed by atoms with Crippen LogP contribution < -0.4 is 0 Å². The monoisotopic (exact) mass is 320 g/mol. The van der Waals surface area contributed by atoms with Crippen molar-refractivity contribution in [2.75, 3.05) is 0 Å². The lowest BCUT2D eigenvalue weighted by atomic mass is 10.1. The van der Waals surface area contributed by atoms with Crippen LogP contribution in [0.15, 0.2) is 40.9 Å². The van der Waals surface area contributed by atoms with Gasteiger partial charge in [-0.05, 0) is 52.9 Å². The molecule has 0 heterocycles. The number of phenols is 1. The third-order valence-corrected chi connectivity index (χ3v) is 3.32. The molecule has 0 bridgehead atoms. The van der Waals surface area contributed by atoms with Crippen LogP contribution in [-0.4, -0.2) is 16.2 Å². The number of aromatic hydroxyl groups is 1. The number of carboxylic acids is 1. The Morgan fingerprint density at radius 2 is 1.63 bits per heavy atom. The van der Waals surface area contributed by atoms with E-state index >= 15 is 0 Å². The van der Waals surface area contributed by atoms with Crippen LogP contribution in [0.4, 0.5) is 0 Å². The van der Waals surface area contributed by atoms with Gasteiger partial charge in [-0.2, -0.15) is 0 Å². The molecule has 0 radical (unpaired) electrons. The van der Waals surface area contributed by atoms with Crippen LogP contribution in [0.2, 0.25) is 0 Å². The van der Waals surface area contributed by atoms with Crippen LogP contribution in [0.1, 0.15) is 18.1 Å². The van der Waals surface area contributed by atoms with Crippen LogP contribution in [0.3, 0.4) is 0 Å². The van der Waals surface area contributed by atoms with E-state index in [1.54, 1.807) is 6.07 Å². The maximum Gasteiger partial charge on any atom is 0.300 e. The minimum absolute atomic E-state index is 0.348. The fourth-order valence-electron chi connectivity index (χ4n) is 2.17. The van der Waals surface area contributed by atoms with Crippen molar-refractivity contribution in [1.29, 1.82) is 0 Å². The molecule has 0 unspecified atom stereocenters. The van der Waals surface area contributed by atoms with Crippen molar-refractivity contribution >= 4 is 21.9 Å². The molecule has 2 aromatic rings. The van der Waals surface area contributed by atoms with Crippen molar-refractivity contribution in [3.8, 4) is 16.9 Å². The second-order valence-electron chi connectivity index (χ2n) is 4.34. The fraction of sp³-hybridized carbons (Fsp3) is 0.133. The first-order chi connectivity index (χ1) is 8.97. The summed E-state index contributed by atoms with van der Waals surface area (Å²) in [5.41, 5.74) is 5.07. The largest absolute Gasteiger partial charge is 0.508 e. The molecule has 98 valence electrons. The first-order valence-electron chi connectivity index (χ1n) is 5.77. The van der Waals surface area contributed by atoms with E-state index in [9.17, 15) is 5.11 Å². The summed E-state index contributed by atoms with van der Waals surface area (Å²) >= 11 is 3.47. The SMILES string of the molecule is CC(=O)O.Oc1ccc2c(c1)Cc1cc(Br)ccc1-2. The number of halogens is 1. The highest BCUT2D eigenvalue weighted by atomic mass is 79.9. The van der Waals surface area contributed by atoms with E-state index in [1.165, 1.54) is 22.3 Å². The summed E-state index contributed by atoms with van der Waals surface area (Å²) in [4.78, 5) is 9.00. The highest BCUT2D eigenvalue weighted by Gasteiger charge is 2.18. The first-order valence-corrected chi connectivity index (χ1v) is 6.57. The van der Waals surface area contributed by atoms with Crippen molar-refractivity contribution in [1.82, 2.24) is 0 Å². The van der Waals surface area contributed by atoms with Crippen molar-refractivity contribution in [2.24, 2.45) is 0 Å². The summed E-state index contributed by atoms with van der Waals surface area (Å²) in [6.45, 7) is 1.08. The van der Waals surface area contributed by atoms with Gasteiger partial charge in [-0.3, -0.25) is 4.79 Å². The molecule has 2 aromatic carbocycles. The first kappa shape index (κ1) is 13.6. The summed E-state index contributed by atoms with van der Waals surface area (Å²) in [7, 11) is 0. The summed E-state index contributed by atoms with van der Waals surface area (Å²) < 4.78 is 1.11. The number of benzene rings is 2. The van der Waals surface area contributed by atoms with Gasteiger partial charge < -0.3 is 10.2 Å². The third kappa shape index (κ3) is 3.15. The molecule has 19 heavy (non-hydrogen) atoms. The van der Waals surface area contributed by atoms with E-state index in [4.69, 9.17) is 9.90 Å². The molecule has 3 nitrogen and oxygen atoms in total. The Hall–Kier alpha value is -1.81. The lowest BCUT2D eigenvalue weighted by Gasteiger charge is -2.01. The molecule has 0 saturated carbocycles. The summed E-state index contributed by atoms with van der Waals surface area (Å²) in [6.07, 6.45) is 0.915. The lowest BCUT2D eigenvalue weighted by Crippen LogP contribution is -1.79. The van der Waals surface area contributed by atoms with Crippen LogP contribution in [0.5, 0.6) is 5.75 Å². The molecule has 4 heteroatoms. The Kier molecular flexibility index (Phi) is 3.90. The summed E-state index contributed by atoms with van der Waals surface area (Å²) in [5.74, 6) is -0.486. The normalized spacial score (nSPS) is 11.1. The number of carboxylic acid groups (broad SMARTS) is 1. The maximum absolute atomic E-state index is 9.42. The number of hydrogen-bond donors (Lipinski definition) is 2. The van der Waals surface area contributed by atoms with Crippen LogP contribution in [0.25, 0.3) is 11.1 Å². The molecule has 0 aliphatic heterocycles. The van der Waals surface area contributed by atoms with Gasteiger partial charge >= 0.3 is 0 Å². The molecule has 1 aliphatic carbocycles. The summed E-state index contributed by atoms with van der Waals surface area (Å²) in [5, 5.41) is 16.8. The smallest absolute Gasteiger partial charge is 0.300 e. The third-order valence-electron chi connectivity index (χ3n) is 2.83. The molecule has 3 rings (SSSR count). The van der Waals surface area contributed by atoms with E-state index in [0.717, 1.165) is 17.8 Å². The molecule has 1 aliphatic rings. The molecule has 2 N–H and O–H groups in total. The quantitative estimate of drug-likeness (QED) is 0.662. The van der Waals surface area contributed by atoms with Gasteiger partial charge in [-0.15, -0.1) is 0 Å². The van der Waals surface area contributed by atoms with Crippen LogP contribution in [0, 0.1) is 0 Å². The zero-order chi connectivity index (χ0) is 14.0. The Bertz CT molecular complexity index is 582. The van der Waals surface area contributed by atoms with Gasteiger partial charge in [0.15, 0.2) is 0 Å². The number of phenolic OH excluding ortho intramolecular Hbond substituents is 1. The van der Waals surface area contributed by atoms with E-state index in [2.05, 4.69) is 34.1 Å². The minimum Gasteiger partial charge on any atom is -0.508 e. The summed E-state index contributed by atoms with van der Waals surface area (Å²) in [6, 6.07) is 11.9. The van der Waals surface area contributed by atoms with Crippen molar-refractivity contribution in [3.63, 3.8) is 0 Å². The number of aliphatic carboxylic acids is 1. The molecule has 0 atom stereocenters. The lowest BCUT2D eigenvalue weighted by molar-refractivity contribution is -0.134. The van der Waals surface area contributed by atoms with E-state index in [1.807, 2.05) is 12.1 Å². The van der Waals surface area contributed by atoms with Crippen molar-refractivity contribution in [3.05, 3.63) is 52.0 Å². The second kappa shape index (κ2) is 5.45. The molecule has 0 saturated heterocycles. The number of carbonyl (C=O) groups is 1. The standard InChI is InChI=1S/C13H9BrO.C2H4O2/c14-10-1-3-12-8(6-10)5-9-7-11(15)2-4-13(9)12;1-2(3)4/h1-4,6-7,15H,5H2;1H3,(H,3,4). The highest BCUT2D eigenvalue weighted by molar-refractivity contribution is 9.10. The number of fused-ring (bicyclic) bond motifs is 3. The van der Waals surface area contributed by atoms with Crippen molar-refractivity contribution in [2.45, 2.75) is 13.3 Å². The molecule has 0 fully saturated rings. The van der Waals surface area contributed by atoms with Gasteiger partial charge in [0.2, 0.25) is 0 Å². The Morgan fingerprint density at radius 3 is 2.26 bits per heavy atom. The van der Waals surface area contributed by atoms with E-state index in [0.29, 0.717) is 5.75 Å². The molecular weight excluding hydrogens is 308 g/mol. The maximum atomic E-state index is 9.42. The Balaban J connectivity index is 0.000000297. The van der Waals surface area contributed by atoms with Gasteiger partial charge in [0.1, 0.15) is 5.75 Å². The average Bonchev–Trinajstić information content (AvgIpc) is 2.64. The average molecular weight is 321 g/mol. The van der Waals surface area contributed by atoms with Gasteiger partial charge in [-0.1, -0.05) is 28.1 Å². The predicted octanol–water partition coefficient (Wildman–Crippen LogP) is 3.82. The van der Waals surface area contributed by atoms with Crippen LogP contribution in [-0.2, 0) is 11.2 Å². The topological polar surface area (TPSA) is 57.5 Å². The minimum atomic E-state index is -0.833. The zero-order valence-corrected chi connectivity index (χ0v) is 11.9. The van der Waals surface area contributed by atoms with Gasteiger partial charge in [0.05, 0.1) is 0 Å². The van der Waals surface area contributed by atoms with E-state index in [-0.39, 0.29) is 0 Å². The highest BCUT2D eigenvalue weighted by Crippen LogP contribution is 2.39. The molecule has 0 aromatic heterocycles. The fourth-order valence-corrected chi connectivity index (χ4v) is 2.57.